The predicted octanol–water partition coefficient (Wildman–Crippen LogP) is 2.19. The van der Waals surface area contributed by atoms with E-state index in [9.17, 15) is 9.59 Å². The van der Waals surface area contributed by atoms with Crippen molar-refractivity contribution >= 4 is 17.5 Å². The molecule has 0 bridgehead atoms. The smallest absolute Gasteiger partial charge is 0.265 e. The van der Waals surface area contributed by atoms with Gasteiger partial charge in [0.1, 0.15) is 5.75 Å². The molecule has 164 valence electrons. The Kier molecular flexibility index (Phi) is 6.87. The zero-order valence-electron chi connectivity index (χ0n) is 18.2. The van der Waals surface area contributed by atoms with E-state index in [1.165, 1.54) is 25.8 Å². The summed E-state index contributed by atoms with van der Waals surface area (Å²) in [6.45, 7) is 5.83. The summed E-state index contributed by atoms with van der Waals surface area (Å²) in [6, 6.07) is 15.8. The highest BCUT2D eigenvalue weighted by Gasteiger charge is 2.25. The quantitative estimate of drug-likeness (QED) is 0.673. The van der Waals surface area contributed by atoms with Crippen molar-refractivity contribution in [1.29, 1.82) is 0 Å². The Morgan fingerprint density at radius 2 is 2.06 bits per heavy atom. The van der Waals surface area contributed by atoms with E-state index in [1.54, 1.807) is 9.80 Å². The largest absolute Gasteiger partial charge is 0.482 e. The van der Waals surface area contributed by atoms with Crippen molar-refractivity contribution in [1.82, 2.24) is 5.32 Å². The molecule has 2 aliphatic rings. The lowest BCUT2D eigenvalue weighted by molar-refractivity contribution is -0.928. The van der Waals surface area contributed by atoms with Gasteiger partial charge in [0.05, 0.1) is 31.4 Å². The molecule has 4 rings (SSSR count). The van der Waals surface area contributed by atoms with Crippen molar-refractivity contribution in [3.8, 4) is 5.75 Å². The minimum atomic E-state index is -0.0806. The molecule has 0 aliphatic carbocycles. The number of carbonyl (C=O) groups is 2. The summed E-state index contributed by atoms with van der Waals surface area (Å²) >= 11 is 0. The molecule has 6 nitrogen and oxygen atoms in total. The molecule has 6 heteroatoms. The molecule has 0 spiro atoms. The van der Waals surface area contributed by atoms with Gasteiger partial charge in [-0.05, 0) is 56.0 Å². The van der Waals surface area contributed by atoms with Crippen LogP contribution in [0, 0.1) is 0 Å². The summed E-state index contributed by atoms with van der Waals surface area (Å²) in [7, 11) is 0. The topological polar surface area (TPSA) is 63.1 Å². The second kappa shape index (κ2) is 9.96. The van der Waals surface area contributed by atoms with Crippen LogP contribution in [-0.2, 0) is 11.3 Å². The van der Waals surface area contributed by atoms with Crippen LogP contribution in [0.5, 0.6) is 5.75 Å². The molecular weight excluding hydrogens is 390 g/mol. The molecule has 2 aromatic carbocycles. The number of quaternary nitrogens is 1. The number of fused-ring (bicyclic) bond motifs is 1. The van der Waals surface area contributed by atoms with Gasteiger partial charge in [0.15, 0.2) is 6.61 Å². The summed E-state index contributed by atoms with van der Waals surface area (Å²) in [4.78, 5) is 28.5. The number of anilines is 1. The lowest BCUT2D eigenvalue weighted by Gasteiger charge is -2.30. The fourth-order valence-corrected chi connectivity index (χ4v) is 4.56. The first kappa shape index (κ1) is 21.4. The number of hydrogen-bond donors (Lipinski definition) is 2. The van der Waals surface area contributed by atoms with E-state index in [1.807, 2.05) is 48.5 Å². The number of likely N-dealkylation sites (tertiary alicyclic amines) is 1. The third-order valence-corrected chi connectivity index (χ3v) is 6.38. The molecule has 2 N–H and O–H groups in total. The molecule has 2 heterocycles. The number of hydrogen-bond acceptors (Lipinski definition) is 3. The van der Waals surface area contributed by atoms with Crippen molar-refractivity contribution in [2.75, 3.05) is 31.1 Å². The number of rotatable bonds is 7. The van der Waals surface area contributed by atoms with Crippen molar-refractivity contribution in [3.05, 3.63) is 59.7 Å². The highest BCUT2D eigenvalue weighted by Crippen LogP contribution is 2.32. The lowest BCUT2D eigenvalue weighted by Crippen LogP contribution is -3.16. The van der Waals surface area contributed by atoms with Crippen LogP contribution in [-0.4, -0.2) is 44.1 Å². The first-order valence-electron chi connectivity index (χ1n) is 11.4. The van der Waals surface area contributed by atoms with Gasteiger partial charge in [-0.2, -0.15) is 0 Å². The monoisotopic (exact) mass is 422 g/mol. The summed E-state index contributed by atoms with van der Waals surface area (Å²) < 4.78 is 5.51. The minimum absolute atomic E-state index is 0.0365. The van der Waals surface area contributed by atoms with Crippen molar-refractivity contribution in [2.24, 2.45) is 0 Å². The fraction of sp³-hybridized carbons (Fsp3) is 0.440. The van der Waals surface area contributed by atoms with Gasteiger partial charge in [-0.25, -0.2) is 0 Å². The van der Waals surface area contributed by atoms with Gasteiger partial charge in [0.2, 0.25) is 0 Å². The van der Waals surface area contributed by atoms with E-state index < -0.39 is 0 Å². The zero-order chi connectivity index (χ0) is 21.6. The average molecular weight is 423 g/mol. The maximum absolute atomic E-state index is 12.6. The van der Waals surface area contributed by atoms with Crippen LogP contribution < -0.4 is 19.9 Å². The van der Waals surface area contributed by atoms with E-state index in [0.717, 1.165) is 30.3 Å². The van der Waals surface area contributed by atoms with Gasteiger partial charge in [-0.1, -0.05) is 24.3 Å². The Hall–Kier alpha value is -2.86. The number of amides is 2. The van der Waals surface area contributed by atoms with Gasteiger partial charge in [-0.3, -0.25) is 9.59 Å². The Morgan fingerprint density at radius 1 is 1.19 bits per heavy atom. The van der Waals surface area contributed by atoms with E-state index in [0.29, 0.717) is 24.4 Å². The van der Waals surface area contributed by atoms with Gasteiger partial charge < -0.3 is 19.9 Å². The Bertz CT molecular complexity index is 930. The first-order valence-corrected chi connectivity index (χ1v) is 11.4. The van der Waals surface area contributed by atoms with Crippen LogP contribution in [0.15, 0.2) is 48.5 Å². The minimum Gasteiger partial charge on any atom is -0.482 e. The summed E-state index contributed by atoms with van der Waals surface area (Å²) in [5, 5.41) is 3.06. The number of piperidine rings is 1. The Morgan fingerprint density at radius 3 is 2.94 bits per heavy atom. The summed E-state index contributed by atoms with van der Waals surface area (Å²) in [5.74, 6) is 0.571. The summed E-state index contributed by atoms with van der Waals surface area (Å²) in [5.41, 5.74) is 2.32. The molecule has 31 heavy (non-hydrogen) atoms. The normalized spacial score (nSPS) is 20.7. The number of ether oxygens (including phenoxy) is 1. The molecular formula is C25H32N3O3+. The molecule has 2 amide bonds. The zero-order valence-corrected chi connectivity index (χ0v) is 18.2. The van der Waals surface area contributed by atoms with Crippen LogP contribution in [0.3, 0.4) is 0 Å². The number of nitrogens with one attached hydrogen (secondary N) is 2. The molecule has 0 aromatic heterocycles. The highest BCUT2D eigenvalue weighted by atomic mass is 16.5. The molecule has 2 aromatic rings. The second-order valence-electron chi connectivity index (χ2n) is 8.60. The van der Waals surface area contributed by atoms with Crippen molar-refractivity contribution in [2.45, 2.75) is 45.2 Å². The Balaban J connectivity index is 1.33. The third-order valence-electron chi connectivity index (χ3n) is 6.38. The third kappa shape index (κ3) is 5.25. The van der Waals surface area contributed by atoms with Crippen molar-refractivity contribution < 1.29 is 19.2 Å². The van der Waals surface area contributed by atoms with Gasteiger partial charge in [0.25, 0.3) is 11.8 Å². The van der Waals surface area contributed by atoms with Crippen molar-refractivity contribution in [3.63, 3.8) is 0 Å². The predicted molar refractivity (Wildman–Crippen MR) is 121 cm³/mol. The number of carbonyl (C=O) groups excluding carboxylic acids is 2. The van der Waals surface area contributed by atoms with Crippen LogP contribution >= 0.6 is 0 Å². The van der Waals surface area contributed by atoms with Gasteiger partial charge in [-0.15, -0.1) is 0 Å². The van der Waals surface area contributed by atoms with Gasteiger partial charge >= 0.3 is 0 Å². The molecule has 2 aliphatic heterocycles. The van der Waals surface area contributed by atoms with Crippen LogP contribution in [0.1, 0.15) is 48.5 Å². The lowest BCUT2D eigenvalue weighted by atomic mass is 10.0. The van der Waals surface area contributed by atoms with Gasteiger partial charge in [0, 0.05) is 18.5 Å². The fourth-order valence-electron chi connectivity index (χ4n) is 4.56. The van der Waals surface area contributed by atoms with Crippen LogP contribution in [0.25, 0.3) is 0 Å². The Labute approximate surface area is 184 Å². The molecule has 0 radical (unpaired) electrons. The van der Waals surface area contributed by atoms with E-state index in [2.05, 4.69) is 12.2 Å². The number of benzene rings is 2. The average Bonchev–Trinajstić information content (AvgIpc) is 2.80. The summed E-state index contributed by atoms with van der Waals surface area (Å²) in [6.07, 6.45) is 4.96. The van der Waals surface area contributed by atoms with E-state index >= 15 is 0 Å². The standard InChI is InChI=1S/C25H31N3O3/c1-19-8-4-5-14-27(19)15-7-13-26-25(30)21-10-6-9-20(16-21)17-28-22-11-2-3-12-23(22)31-18-24(28)29/h2-3,6,9-12,16,19H,4-5,7-8,13-15,17-18H2,1H3,(H,26,30)/p+1/t19-/m1/s1. The molecule has 0 saturated carbocycles. The van der Waals surface area contributed by atoms with Crippen LogP contribution in [0.4, 0.5) is 5.69 Å². The SMILES string of the molecule is C[C@@H]1CCCC[NH+]1CCCNC(=O)c1cccc(CN2C(=O)COc3ccccc32)c1. The number of nitrogens with zero attached hydrogens (tertiary/aromatic N) is 1. The molecule has 1 saturated heterocycles. The number of para-hydroxylation sites is 2. The molecule has 2 atom stereocenters. The second-order valence-corrected chi connectivity index (χ2v) is 8.60. The van der Waals surface area contributed by atoms with Crippen LogP contribution in [0.2, 0.25) is 0 Å². The maximum Gasteiger partial charge on any atom is 0.265 e. The first-order chi connectivity index (χ1) is 15.1. The molecule has 1 unspecified atom stereocenters. The van der Waals surface area contributed by atoms with E-state index in [-0.39, 0.29) is 18.4 Å². The molecule has 1 fully saturated rings. The highest BCUT2D eigenvalue weighted by molar-refractivity contribution is 5.98. The maximum atomic E-state index is 12.6. The van der Waals surface area contributed by atoms with E-state index in [4.69, 9.17) is 4.74 Å².